The smallest absolute Gasteiger partial charge is 0.273 e. The predicted molar refractivity (Wildman–Crippen MR) is 127 cm³/mol. The average molecular weight is 485 g/mol. The van der Waals surface area contributed by atoms with Gasteiger partial charge in [0.1, 0.15) is 11.6 Å². The van der Waals surface area contributed by atoms with Crippen molar-refractivity contribution in [3.63, 3.8) is 0 Å². The number of hydrogen-bond donors (Lipinski definition) is 4. The second kappa shape index (κ2) is 11.0. The van der Waals surface area contributed by atoms with Gasteiger partial charge in [0.25, 0.3) is 11.8 Å². The maximum Gasteiger partial charge on any atom is 0.273 e. The molecule has 3 rings (SSSR count). The molecule has 0 fully saturated rings. The molecule has 9 nitrogen and oxygen atoms in total. The summed E-state index contributed by atoms with van der Waals surface area (Å²) < 4.78 is 26.8. The molecule has 0 spiro atoms. The van der Waals surface area contributed by atoms with Crippen LogP contribution in [0, 0.1) is 18.6 Å². The molecule has 0 saturated heterocycles. The molecule has 0 bridgehead atoms. The number of likely N-dealkylation sites (N-methyl/N-ethyl adjacent to an activating group) is 1. The van der Waals surface area contributed by atoms with Gasteiger partial charge >= 0.3 is 0 Å². The number of carbonyl (C=O) groups is 2. The first-order chi connectivity index (χ1) is 16.5. The van der Waals surface area contributed by atoms with E-state index in [4.69, 9.17) is 5.73 Å². The van der Waals surface area contributed by atoms with Crippen molar-refractivity contribution in [2.45, 2.75) is 13.0 Å². The van der Waals surface area contributed by atoms with Crippen LogP contribution < -0.4 is 16.4 Å². The summed E-state index contributed by atoms with van der Waals surface area (Å²) >= 11 is 0. The number of aliphatic hydroxyl groups excluding tert-OH is 1. The minimum Gasteiger partial charge on any atom is -0.382 e. The Morgan fingerprint density at radius 2 is 1.83 bits per heavy atom. The summed E-state index contributed by atoms with van der Waals surface area (Å²) in [6, 6.07) is 7.27. The van der Waals surface area contributed by atoms with Gasteiger partial charge in [-0.05, 0) is 56.4 Å². The Kier molecular flexibility index (Phi) is 8.05. The second-order valence-electron chi connectivity index (χ2n) is 8.17. The van der Waals surface area contributed by atoms with Gasteiger partial charge in [-0.15, -0.1) is 0 Å². The van der Waals surface area contributed by atoms with Crippen molar-refractivity contribution in [3.8, 4) is 11.3 Å². The Balaban J connectivity index is 1.76. The molecule has 5 N–H and O–H groups in total. The maximum atomic E-state index is 13.4. The van der Waals surface area contributed by atoms with Crippen LogP contribution >= 0.6 is 0 Å². The lowest BCUT2D eigenvalue weighted by Gasteiger charge is -2.14. The van der Waals surface area contributed by atoms with Gasteiger partial charge in [-0.25, -0.2) is 18.7 Å². The molecule has 2 aromatic carbocycles. The van der Waals surface area contributed by atoms with E-state index in [1.54, 1.807) is 25.1 Å². The van der Waals surface area contributed by atoms with E-state index in [0.717, 1.165) is 12.1 Å². The number of nitrogens with two attached hydrogens (primary N) is 1. The molecule has 2 amide bonds. The number of carbonyl (C=O) groups excluding carboxylic acids is 2. The molecule has 184 valence electrons. The highest BCUT2D eigenvalue weighted by atomic mass is 19.1. The van der Waals surface area contributed by atoms with Crippen LogP contribution in [0.2, 0.25) is 0 Å². The fourth-order valence-electron chi connectivity index (χ4n) is 3.30. The highest BCUT2D eigenvalue weighted by Gasteiger charge is 2.20. The molecule has 0 aliphatic rings. The van der Waals surface area contributed by atoms with Crippen molar-refractivity contribution in [1.29, 1.82) is 0 Å². The van der Waals surface area contributed by atoms with E-state index in [1.807, 2.05) is 19.0 Å². The zero-order chi connectivity index (χ0) is 25.7. The summed E-state index contributed by atoms with van der Waals surface area (Å²) in [6.45, 7) is 2.82. The molecule has 1 aromatic heterocycles. The largest absolute Gasteiger partial charge is 0.382 e. The third-order valence-electron chi connectivity index (χ3n) is 5.08. The molecular formula is C24H26F2N6O3. The van der Waals surface area contributed by atoms with Crippen LogP contribution in [0.5, 0.6) is 0 Å². The normalized spacial score (nSPS) is 11.9. The Labute approximate surface area is 201 Å². The lowest BCUT2D eigenvalue weighted by Crippen LogP contribution is -2.32. The lowest BCUT2D eigenvalue weighted by molar-refractivity contribution is -0.124. The molecule has 1 atom stereocenters. The summed E-state index contributed by atoms with van der Waals surface area (Å²) in [5.41, 5.74) is 7.73. The van der Waals surface area contributed by atoms with E-state index in [2.05, 4.69) is 20.6 Å². The maximum absolute atomic E-state index is 13.4. The second-order valence-corrected chi connectivity index (χ2v) is 8.17. The zero-order valence-corrected chi connectivity index (χ0v) is 19.5. The van der Waals surface area contributed by atoms with E-state index >= 15 is 0 Å². The van der Waals surface area contributed by atoms with Crippen molar-refractivity contribution >= 4 is 23.3 Å². The third-order valence-corrected chi connectivity index (χ3v) is 5.08. The van der Waals surface area contributed by atoms with E-state index < -0.39 is 29.6 Å². The number of halogens is 2. The summed E-state index contributed by atoms with van der Waals surface area (Å²) in [5, 5.41) is 15.4. The molecule has 3 aromatic rings. The van der Waals surface area contributed by atoms with Crippen LogP contribution in [-0.4, -0.2) is 59.0 Å². The fraction of sp³-hybridized carbons (Fsp3) is 0.250. The first-order valence-corrected chi connectivity index (χ1v) is 10.7. The third kappa shape index (κ3) is 6.55. The van der Waals surface area contributed by atoms with Crippen LogP contribution in [0.25, 0.3) is 11.3 Å². The van der Waals surface area contributed by atoms with Crippen LogP contribution in [0.15, 0.2) is 42.6 Å². The number of aryl methyl sites for hydroxylation is 1. The van der Waals surface area contributed by atoms with Gasteiger partial charge in [-0.2, -0.15) is 0 Å². The Morgan fingerprint density at radius 3 is 2.46 bits per heavy atom. The minimum absolute atomic E-state index is 0.000382. The number of hydrogen-bond acceptors (Lipinski definition) is 7. The lowest BCUT2D eigenvalue weighted by atomic mass is 10.0. The van der Waals surface area contributed by atoms with Gasteiger partial charge in [0, 0.05) is 30.4 Å². The van der Waals surface area contributed by atoms with Gasteiger partial charge in [-0.1, -0.05) is 6.07 Å². The molecule has 0 aliphatic heterocycles. The quantitative estimate of drug-likeness (QED) is 0.385. The van der Waals surface area contributed by atoms with E-state index in [1.165, 1.54) is 6.20 Å². The van der Waals surface area contributed by atoms with Gasteiger partial charge in [0.05, 0.1) is 11.9 Å². The van der Waals surface area contributed by atoms with Crippen molar-refractivity contribution in [3.05, 3.63) is 71.1 Å². The molecular weight excluding hydrogens is 458 g/mol. The zero-order valence-electron chi connectivity index (χ0n) is 19.5. The highest BCUT2D eigenvalue weighted by Crippen LogP contribution is 2.26. The van der Waals surface area contributed by atoms with Gasteiger partial charge in [0.15, 0.2) is 17.6 Å². The Bertz CT molecular complexity index is 1230. The first kappa shape index (κ1) is 25.7. The van der Waals surface area contributed by atoms with Gasteiger partial charge < -0.3 is 26.4 Å². The number of aromatic nitrogens is 2. The molecule has 0 radical (unpaired) electrons. The number of aliphatic hydroxyl groups is 1. The Hall–Kier alpha value is -3.96. The summed E-state index contributed by atoms with van der Waals surface area (Å²) in [7, 11) is 3.77. The molecule has 0 aliphatic carbocycles. The molecule has 11 heteroatoms. The van der Waals surface area contributed by atoms with Crippen molar-refractivity contribution in [1.82, 2.24) is 20.2 Å². The van der Waals surface area contributed by atoms with Crippen LogP contribution in [0.4, 0.5) is 20.3 Å². The molecule has 1 heterocycles. The number of nitrogens with zero attached hydrogens (tertiary/aromatic N) is 3. The van der Waals surface area contributed by atoms with Crippen molar-refractivity contribution in [2.75, 3.05) is 38.2 Å². The average Bonchev–Trinajstić information content (AvgIpc) is 2.78. The Morgan fingerprint density at radius 1 is 1.14 bits per heavy atom. The molecule has 35 heavy (non-hydrogen) atoms. The van der Waals surface area contributed by atoms with Crippen molar-refractivity contribution < 1.29 is 23.5 Å². The summed E-state index contributed by atoms with van der Waals surface area (Å²) in [5.74, 6) is -3.10. The number of nitrogens with one attached hydrogen (secondary N) is 2. The molecule has 0 saturated carbocycles. The van der Waals surface area contributed by atoms with E-state index in [-0.39, 0.29) is 17.1 Å². The number of anilines is 2. The monoisotopic (exact) mass is 484 g/mol. The van der Waals surface area contributed by atoms with Gasteiger partial charge in [0.2, 0.25) is 0 Å². The number of amides is 2. The minimum atomic E-state index is -1.77. The number of rotatable bonds is 8. The van der Waals surface area contributed by atoms with Gasteiger partial charge in [-0.3, -0.25) is 9.59 Å². The van der Waals surface area contributed by atoms with E-state index in [0.29, 0.717) is 41.7 Å². The highest BCUT2D eigenvalue weighted by molar-refractivity contribution is 5.97. The van der Waals surface area contributed by atoms with Crippen LogP contribution in [-0.2, 0) is 4.79 Å². The summed E-state index contributed by atoms with van der Waals surface area (Å²) in [4.78, 5) is 35.2. The first-order valence-electron chi connectivity index (χ1n) is 10.7. The number of benzene rings is 2. The number of nitrogen functional groups attached to an aromatic ring is 1. The predicted octanol–water partition coefficient (Wildman–Crippen LogP) is 2.28. The standard InChI is InChI=1S/C24H26F2N6O3/c1-13-8-17(30-24(35)21(33)14-9-15(25)11-16(26)10-14)4-5-18(13)19-12-29-22(27)20(31-19)23(34)28-6-7-32(2)3/h4-5,8-12,21,33H,6-7H2,1-3H3,(H2,27,29)(H,28,34)(H,30,35)/t21-/m0/s1. The van der Waals surface area contributed by atoms with E-state index in [9.17, 15) is 23.5 Å². The van der Waals surface area contributed by atoms with Crippen molar-refractivity contribution in [2.24, 2.45) is 0 Å². The topological polar surface area (TPSA) is 133 Å². The molecule has 0 unspecified atom stereocenters. The van der Waals surface area contributed by atoms with Crippen LogP contribution in [0.3, 0.4) is 0 Å². The SMILES string of the molecule is Cc1cc(NC(=O)[C@@H](O)c2cc(F)cc(F)c2)ccc1-c1cnc(N)c(C(=O)NCCN(C)C)n1. The fourth-order valence-corrected chi connectivity index (χ4v) is 3.30. The van der Waals surface area contributed by atoms with Crippen LogP contribution in [0.1, 0.15) is 27.7 Å². The summed E-state index contributed by atoms with van der Waals surface area (Å²) in [6.07, 6.45) is -0.328.